The monoisotopic (exact) mass is 122 g/mol. The molecule has 0 aromatic carbocycles. The Hall–Kier alpha value is 0.445. The average molecular weight is 122 g/mol. The van der Waals surface area contributed by atoms with Gasteiger partial charge >= 0.3 is 0 Å². The van der Waals surface area contributed by atoms with Crippen LogP contribution in [0.25, 0.3) is 0 Å². The molecule has 0 unspecified atom stereocenters. The minimum absolute atomic E-state index is 1.47. The summed E-state index contributed by atoms with van der Waals surface area (Å²) >= 11 is 6.26. The van der Waals surface area contributed by atoms with Crippen LogP contribution in [0.4, 0.5) is 0 Å². The summed E-state index contributed by atoms with van der Waals surface area (Å²) in [4.78, 5) is 0. The fourth-order valence-electron chi connectivity index (χ4n) is 0. The van der Waals surface area contributed by atoms with Crippen molar-refractivity contribution < 1.29 is 0 Å². The molecule has 0 rings (SSSR count). The first kappa shape index (κ1) is 9.67. The third kappa shape index (κ3) is 25.3. The number of halogens is 1. The Morgan fingerprint density at radius 2 is 2.00 bits per heavy atom. The molecule has 0 radical (unpaired) electrons. The quantitative estimate of drug-likeness (QED) is 0.472. The molecule has 6 heavy (non-hydrogen) atoms. The van der Waals surface area contributed by atoms with Gasteiger partial charge < -0.3 is 0 Å². The van der Waals surface area contributed by atoms with Crippen LogP contribution in [-0.2, 0) is 0 Å². The number of thioether (sulfide) groups is 1. The van der Waals surface area contributed by atoms with Crippen LogP contribution in [0.15, 0.2) is 12.0 Å². The molecule has 0 amide bonds. The molecule has 3 heteroatoms. The van der Waals surface area contributed by atoms with Crippen molar-refractivity contribution >= 4 is 30.5 Å². The van der Waals surface area contributed by atoms with Crippen molar-refractivity contribution in [3.63, 3.8) is 0 Å². The second kappa shape index (κ2) is 18.0. The Labute approximate surface area is 49.3 Å². The Balaban J connectivity index is 0. The van der Waals surface area contributed by atoms with Crippen molar-refractivity contribution in [3.05, 3.63) is 12.0 Å². The summed E-state index contributed by atoms with van der Waals surface area (Å²) in [6, 6.07) is 0. The van der Waals surface area contributed by atoms with Crippen molar-refractivity contribution in [1.29, 1.82) is 0 Å². The van der Waals surface area contributed by atoms with Gasteiger partial charge in [0.2, 0.25) is 7.26 Å². The van der Waals surface area contributed by atoms with E-state index in [2.05, 4.69) is 18.0 Å². The van der Waals surface area contributed by atoms with E-state index in [1.807, 2.05) is 6.26 Å². The van der Waals surface area contributed by atoms with E-state index in [1.165, 1.54) is 7.26 Å². The normalized spacial score (nSPS) is 5.00. The van der Waals surface area contributed by atoms with Gasteiger partial charge in [0, 0.05) is 0 Å². The summed E-state index contributed by atoms with van der Waals surface area (Å²) in [7, 11) is 1.47. The van der Waals surface area contributed by atoms with Crippen molar-refractivity contribution in [3.8, 4) is 0 Å². The molecule has 0 aliphatic rings. The van der Waals surface area contributed by atoms with E-state index in [4.69, 9.17) is 0 Å². The first-order chi connectivity index (χ1) is 2.91. The molecule has 0 spiro atoms. The van der Waals surface area contributed by atoms with Crippen molar-refractivity contribution in [1.82, 2.24) is 0 Å². The highest BCUT2D eigenvalue weighted by atomic mass is 35.5. The Bertz CT molecular complexity index is 24.8. The zero-order chi connectivity index (χ0) is 5.41. The van der Waals surface area contributed by atoms with Gasteiger partial charge in [-0.15, -0.1) is 11.8 Å². The highest BCUT2D eigenvalue weighted by Crippen LogP contribution is 1.85. The number of rotatable bonds is 1. The van der Waals surface area contributed by atoms with Gasteiger partial charge in [0.05, 0.1) is 0 Å². The van der Waals surface area contributed by atoms with Crippen LogP contribution in [0.2, 0.25) is 0 Å². The van der Waals surface area contributed by atoms with Crippen LogP contribution in [0, 0.1) is 0 Å². The molecule has 0 atom stereocenters. The third-order valence-electron chi connectivity index (χ3n) is 0.167. The van der Waals surface area contributed by atoms with Gasteiger partial charge in [-0.2, -0.15) is 0 Å². The Morgan fingerprint density at radius 3 is 2.00 bits per heavy atom. The van der Waals surface area contributed by atoms with Gasteiger partial charge in [-0.1, -0.05) is 6.58 Å². The molecule has 0 aromatic rings. The minimum Gasteiger partial charge on any atom is -0.206 e. The highest BCUT2D eigenvalue weighted by molar-refractivity contribution is 8.01. The second-order valence-corrected chi connectivity index (χ2v) is 1.21. The molecule has 0 aromatic heterocycles. The smallest absolute Gasteiger partial charge is 0.206 e. The van der Waals surface area contributed by atoms with Crippen LogP contribution in [-0.4, -0.2) is 13.5 Å². The molecule has 0 N–H and O–H groups in total. The van der Waals surface area contributed by atoms with Crippen LogP contribution < -0.4 is 0 Å². The molecule has 0 heterocycles. The first-order valence-corrected chi connectivity index (χ1v) is 3.47. The summed E-state index contributed by atoms with van der Waals surface area (Å²) in [6.07, 6.45) is 1.98. The van der Waals surface area contributed by atoms with E-state index in [0.717, 1.165) is 0 Å². The van der Waals surface area contributed by atoms with E-state index < -0.39 is 0 Å². The molecule has 36 valence electrons. The summed E-state index contributed by atoms with van der Waals surface area (Å²) in [6.45, 7) is 3.44. The predicted octanol–water partition coefficient (Wildman–Crippen LogP) is 1.27. The minimum atomic E-state index is 1.47. The van der Waals surface area contributed by atoms with E-state index in [9.17, 15) is 0 Å². The SMILES string of the molecule is BCl.C=CSC. The van der Waals surface area contributed by atoms with Crippen molar-refractivity contribution in [2.45, 2.75) is 0 Å². The molecule has 0 bridgehead atoms. The first-order valence-electron chi connectivity index (χ1n) is 1.43. The van der Waals surface area contributed by atoms with Gasteiger partial charge in [-0.05, 0) is 11.7 Å². The van der Waals surface area contributed by atoms with Gasteiger partial charge in [-0.3, -0.25) is 0 Å². The Kier molecular flexibility index (Phi) is 29.0. The lowest BCUT2D eigenvalue weighted by Crippen LogP contribution is -1.25. The molecule has 0 aliphatic heterocycles. The van der Waals surface area contributed by atoms with E-state index in [-0.39, 0.29) is 0 Å². The zero-order valence-electron chi connectivity index (χ0n) is 4.07. The van der Waals surface area contributed by atoms with Crippen LogP contribution in [0.3, 0.4) is 0 Å². The van der Waals surface area contributed by atoms with Crippen LogP contribution in [0.1, 0.15) is 0 Å². The van der Waals surface area contributed by atoms with Crippen LogP contribution >= 0.6 is 23.2 Å². The maximum atomic E-state index is 4.64. The molecule has 0 saturated carbocycles. The summed E-state index contributed by atoms with van der Waals surface area (Å²) in [5.74, 6) is 0. The topological polar surface area (TPSA) is 0 Å². The van der Waals surface area contributed by atoms with Gasteiger partial charge in [0.25, 0.3) is 0 Å². The fraction of sp³-hybridized carbons (Fsp3) is 0.333. The lowest BCUT2D eigenvalue weighted by atomic mass is 10.8. The molecule has 0 saturated heterocycles. The van der Waals surface area contributed by atoms with Crippen LogP contribution in [0.5, 0.6) is 0 Å². The molecule has 0 aliphatic carbocycles. The summed E-state index contributed by atoms with van der Waals surface area (Å²) in [5, 5.41) is 1.79. The van der Waals surface area contributed by atoms with Crippen molar-refractivity contribution in [2.24, 2.45) is 0 Å². The maximum absolute atomic E-state index is 4.64. The zero-order valence-corrected chi connectivity index (χ0v) is 5.64. The molecular formula is C3H8BClS. The summed E-state index contributed by atoms with van der Waals surface area (Å²) in [5.41, 5.74) is 0. The average Bonchev–Trinajstić information content (AvgIpc) is 1.72. The third-order valence-corrected chi connectivity index (χ3v) is 0.500. The second-order valence-electron chi connectivity index (χ2n) is 0.402. The lowest BCUT2D eigenvalue weighted by molar-refractivity contribution is 2.46. The Morgan fingerprint density at radius 1 is 1.83 bits per heavy atom. The maximum Gasteiger partial charge on any atom is 0.215 e. The largest absolute Gasteiger partial charge is 0.215 e. The lowest BCUT2D eigenvalue weighted by Gasteiger charge is -1.59. The number of hydrogen-bond donors (Lipinski definition) is 0. The molecular weight excluding hydrogens is 114 g/mol. The fourth-order valence-corrected chi connectivity index (χ4v) is 0. The van der Waals surface area contributed by atoms with E-state index in [1.54, 1.807) is 17.2 Å². The van der Waals surface area contributed by atoms with Crippen molar-refractivity contribution in [2.75, 3.05) is 6.26 Å². The summed E-state index contributed by atoms with van der Waals surface area (Å²) < 4.78 is 0. The number of hydrogen-bond acceptors (Lipinski definition) is 1. The van der Waals surface area contributed by atoms with E-state index >= 15 is 0 Å². The molecule has 0 fully saturated rings. The van der Waals surface area contributed by atoms with Gasteiger partial charge in [0.1, 0.15) is 0 Å². The standard InChI is InChI=1S/C3H6S.BClH2/c1-3-4-2;1-2/h3H,1H2,2H3;1H2. The van der Waals surface area contributed by atoms with Gasteiger partial charge in [0.15, 0.2) is 0 Å². The van der Waals surface area contributed by atoms with E-state index in [0.29, 0.717) is 0 Å². The van der Waals surface area contributed by atoms with Gasteiger partial charge in [-0.25, -0.2) is 11.5 Å². The highest BCUT2D eigenvalue weighted by Gasteiger charge is 1.43. The molecule has 0 nitrogen and oxygen atoms in total. The predicted molar refractivity (Wildman–Crippen MR) is 38.1 cm³/mol.